The SMILES string of the molecule is CCOc1ccc(-c2coc3cc(OC)c(/C(C)=C/C(=O)N4CCCC4)cc23)cc1. The summed E-state index contributed by atoms with van der Waals surface area (Å²) in [5, 5.41) is 0.983. The zero-order chi connectivity index (χ0) is 21.1. The molecule has 0 bridgehead atoms. The molecule has 3 aromatic rings. The number of benzene rings is 2. The van der Waals surface area contributed by atoms with Gasteiger partial charge in [-0.1, -0.05) is 12.1 Å². The molecule has 2 aromatic carbocycles. The van der Waals surface area contributed by atoms with E-state index in [2.05, 4.69) is 0 Å². The Hall–Kier alpha value is -3.21. The molecule has 1 aromatic heterocycles. The number of carbonyl (C=O) groups excluding carboxylic acids is 1. The predicted octanol–water partition coefficient (Wildman–Crippen LogP) is 5.53. The van der Waals surface area contributed by atoms with Crippen LogP contribution in [0.2, 0.25) is 0 Å². The molecule has 0 spiro atoms. The van der Waals surface area contributed by atoms with Crippen LogP contribution in [0.25, 0.3) is 27.7 Å². The van der Waals surface area contributed by atoms with Gasteiger partial charge in [0, 0.05) is 41.7 Å². The molecule has 156 valence electrons. The largest absolute Gasteiger partial charge is 0.496 e. The number of likely N-dealkylation sites (tertiary alicyclic amines) is 1. The number of nitrogens with zero attached hydrogens (tertiary/aromatic N) is 1. The van der Waals surface area contributed by atoms with E-state index in [1.165, 1.54) is 0 Å². The second kappa shape index (κ2) is 8.66. The zero-order valence-corrected chi connectivity index (χ0v) is 17.7. The molecule has 0 N–H and O–H groups in total. The average Bonchev–Trinajstić information content (AvgIpc) is 3.43. The Morgan fingerprint density at radius 1 is 1.17 bits per heavy atom. The number of fused-ring (bicyclic) bond motifs is 1. The van der Waals surface area contributed by atoms with E-state index in [4.69, 9.17) is 13.9 Å². The van der Waals surface area contributed by atoms with Gasteiger partial charge in [0.2, 0.25) is 5.91 Å². The monoisotopic (exact) mass is 405 g/mol. The van der Waals surface area contributed by atoms with Crippen molar-refractivity contribution in [2.75, 3.05) is 26.8 Å². The normalized spacial score (nSPS) is 14.4. The van der Waals surface area contributed by atoms with Crippen molar-refractivity contribution in [1.82, 2.24) is 4.90 Å². The maximum absolute atomic E-state index is 12.6. The first-order valence-corrected chi connectivity index (χ1v) is 10.4. The van der Waals surface area contributed by atoms with Crippen LogP contribution in [0.5, 0.6) is 11.5 Å². The lowest BCUT2D eigenvalue weighted by molar-refractivity contribution is -0.124. The molecule has 0 aliphatic carbocycles. The maximum Gasteiger partial charge on any atom is 0.246 e. The number of hydrogen-bond acceptors (Lipinski definition) is 4. The molecule has 0 saturated carbocycles. The van der Waals surface area contributed by atoms with E-state index in [0.717, 1.165) is 64.9 Å². The highest BCUT2D eigenvalue weighted by atomic mass is 16.5. The minimum Gasteiger partial charge on any atom is -0.496 e. The van der Waals surface area contributed by atoms with Crippen LogP contribution in [0.3, 0.4) is 0 Å². The van der Waals surface area contributed by atoms with E-state index in [0.29, 0.717) is 12.4 Å². The van der Waals surface area contributed by atoms with Crippen LogP contribution in [0.15, 0.2) is 53.2 Å². The Morgan fingerprint density at radius 3 is 2.57 bits per heavy atom. The van der Waals surface area contributed by atoms with Gasteiger partial charge in [-0.2, -0.15) is 0 Å². The van der Waals surface area contributed by atoms with Gasteiger partial charge in [-0.3, -0.25) is 4.79 Å². The summed E-state index contributed by atoms with van der Waals surface area (Å²) in [7, 11) is 1.64. The van der Waals surface area contributed by atoms with Gasteiger partial charge in [-0.25, -0.2) is 0 Å². The lowest BCUT2D eigenvalue weighted by Crippen LogP contribution is -2.25. The molecular formula is C25H27NO4. The molecule has 5 nitrogen and oxygen atoms in total. The average molecular weight is 405 g/mol. The van der Waals surface area contributed by atoms with Crippen LogP contribution in [0, 0.1) is 0 Å². The van der Waals surface area contributed by atoms with E-state index < -0.39 is 0 Å². The minimum absolute atomic E-state index is 0.0612. The predicted molar refractivity (Wildman–Crippen MR) is 119 cm³/mol. The number of furan rings is 1. The number of ether oxygens (including phenoxy) is 2. The van der Waals surface area contributed by atoms with Gasteiger partial charge >= 0.3 is 0 Å². The number of rotatable bonds is 6. The Bertz CT molecular complexity index is 1070. The summed E-state index contributed by atoms with van der Waals surface area (Å²) in [6.07, 6.45) is 5.63. The second-order valence-corrected chi connectivity index (χ2v) is 7.52. The third-order valence-corrected chi connectivity index (χ3v) is 5.55. The van der Waals surface area contributed by atoms with Crippen molar-refractivity contribution in [3.8, 4) is 22.6 Å². The topological polar surface area (TPSA) is 51.9 Å². The molecule has 2 heterocycles. The van der Waals surface area contributed by atoms with Crippen molar-refractivity contribution in [2.24, 2.45) is 0 Å². The first kappa shape index (κ1) is 20.1. The second-order valence-electron chi connectivity index (χ2n) is 7.52. The smallest absolute Gasteiger partial charge is 0.246 e. The Balaban J connectivity index is 1.73. The van der Waals surface area contributed by atoms with E-state index in [1.807, 2.05) is 55.1 Å². The molecule has 1 aliphatic heterocycles. The first-order valence-electron chi connectivity index (χ1n) is 10.4. The number of methoxy groups -OCH3 is 1. The summed E-state index contributed by atoms with van der Waals surface area (Å²) in [5.74, 6) is 1.60. The van der Waals surface area contributed by atoms with Gasteiger partial charge in [-0.05, 0) is 56.0 Å². The molecule has 0 atom stereocenters. The molecule has 5 heteroatoms. The van der Waals surface area contributed by atoms with E-state index in [1.54, 1.807) is 19.4 Å². The fourth-order valence-corrected chi connectivity index (χ4v) is 3.94. The van der Waals surface area contributed by atoms with Crippen LogP contribution in [-0.2, 0) is 4.79 Å². The fraction of sp³-hybridized carbons (Fsp3) is 0.320. The number of allylic oxidation sites excluding steroid dienone is 1. The quantitative estimate of drug-likeness (QED) is 0.506. The highest BCUT2D eigenvalue weighted by Crippen LogP contribution is 2.37. The van der Waals surface area contributed by atoms with Crippen LogP contribution >= 0.6 is 0 Å². The van der Waals surface area contributed by atoms with Gasteiger partial charge in [0.1, 0.15) is 17.1 Å². The van der Waals surface area contributed by atoms with Gasteiger partial charge in [-0.15, -0.1) is 0 Å². The number of hydrogen-bond donors (Lipinski definition) is 0. The molecule has 0 unspecified atom stereocenters. The Labute approximate surface area is 176 Å². The lowest BCUT2D eigenvalue weighted by Gasteiger charge is -2.14. The highest BCUT2D eigenvalue weighted by Gasteiger charge is 2.18. The van der Waals surface area contributed by atoms with Crippen LogP contribution in [-0.4, -0.2) is 37.6 Å². The minimum atomic E-state index is 0.0612. The molecule has 0 radical (unpaired) electrons. The molecule has 30 heavy (non-hydrogen) atoms. The fourth-order valence-electron chi connectivity index (χ4n) is 3.94. The van der Waals surface area contributed by atoms with Crippen molar-refractivity contribution >= 4 is 22.4 Å². The Kier molecular flexibility index (Phi) is 5.79. The summed E-state index contributed by atoms with van der Waals surface area (Å²) in [4.78, 5) is 14.5. The summed E-state index contributed by atoms with van der Waals surface area (Å²) in [6.45, 7) is 6.23. The third-order valence-electron chi connectivity index (χ3n) is 5.55. The summed E-state index contributed by atoms with van der Waals surface area (Å²) >= 11 is 0. The summed E-state index contributed by atoms with van der Waals surface area (Å²) in [5.41, 5.74) is 4.56. The number of carbonyl (C=O) groups is 1. The van der Waals surface area contributed by atoms with Gasteiger partial charge in [0.15, 0.2) is 0 Å². The van der Waals surface area contributed by atoms with Crippen LogP contribution < -0.4 is 9.47 Å². The zero-order valence-electron chi connectivity index (χ0n) is 17.7. The first-order chi connectivity index (χ1) is 14.6. The van der Waals surface area contributed by atoms with E-state index >= 15 is 0 Å². The molecule has 1 amide bonds. The molecule has 1 saturated heterocycles. The Morgan fingerprint density at radius 2 is 1.90 bits per heavy atom. The van der Waals surface area contributed by atoms with Gasteiger partial charge in [0.25, 0.3) is 0 Å². The third kappa shape index (κ3) is 3.92. The molecule has 1 aliphatic rings. The van der Waals surface area contributed by atoms with Crippen molar-refractivity contribution in [3.63, 3.8) is 0 Å². The molecule has 1 fully saturated rings. The van der Waals surface area contributed by atoms with Crippen molar-refractivity contribution in [2.45, 2.75) is 26.7 Å². The van der Waals surface area contributed by atoms with Crippen LogP contribution in [0.4, 0.5) is 0 Å². The molecular weight excluding hydrogens is 378 g/mol. The van der Waals surface area contributed by atoms with E-state index in [9.17, 15) is 4.79 Å². The highest BCUT2D eigenvalue weighted by molar-refractivity contribution is 6.00. The van der Waals surface area contributed by atoms with Crippen molar-refractivity contribution in [3.05, 3.63) is 54.3 Å². The van der Waals surface area contributed by atoms with Crippen molar-refractivity contribution in [1.29, 1.82) is 0 Å². The van der Waals surface area contributed by atoms with Gasteiger partial charge in [0.05, 0.1) is 20.0 Å². The van der Waals surface area contributed by atoms with Gasteiger partial charge < -0.3 is 18.8 Å². The standard InChI is InChI=1S/C25H27NO4/c1-4-29-19-9-7-18(8-10-19)22-16-30-24-15-23(28-3)20(14-21(22)24)17(2)13-25(27)26-11-5-6-12-26/h7-10,13-16H,4-6,11-12H2,1-3H3/b17-13+. The van der Waals surface area contributed by atoms with Crippen molar-refractivity contribution < 1.29 is 18.7 Å². The van der Waals surface area contributed by atoms with E-state index in [-0.39, 0.29) is 5.91 Å². The number of amides is 1. The summed E-state index contributed by atoms with van der Waals surface area (Å²) < 4.78 is 17.0. The van der Waals surface area contributed by atoms with Crippen LogP contribution in [0.1, 0.15) is 32.3 Å². The maximum atomic E-state index is 12.6. The molecule has 4 rings (SSSR count). The lowest BCUT2D eigenvalue weighted by atomic mass is 9.99. The summed E-state index contributed by atoms with van der Waals surface area (Å²) in [6, 6.07) is 11.9.